The molecule has 0 aromatic heterocycles. The minimum Gasteiger partial charge on any atom is -0.109 e. The number of rotatable bonds is 3. The van der Waals surface area contributed by atoms with Crippen LogP contribution in [0.25, 0.3) is 0 Å². The van der Waals surface area contributed by atoms with Gasteiger partial charge in [-0.15, -0.1) is 3.96 Å². The Morgan fingerprint density at radius 3 is 2.31 bits per heavy atom. The summed E-state index contributed by atoms with van der Waals surface area (Å²) in [6.45, 7) is 2.20. The molecule has 74 valence electrons. The van der Waals surface area contributed by atoms with Gasteiger partial charge in [0.05, 0.1) is 0 Å². The van der Waals surface area contributed by atoms with Crippen LogP contribution < -0.4 is 0 Å². The lowest BCUT2D eigenvalue weighted by atomic mass is 10.8. The second-order valence-corrected chi connectivity index (χ2v) is 9.84. The van der Waals surface area contributed by atoms with Gasteiger partial charge in [-0.25, -0.2) is 0 Å². The Balaban J connectivity index is 4.33. The third kappa shape index (κ3) is 6.67. The van der Waals surface area contributed by atoms with Crippen molar-refractivity contribution in [3.05, 3.63) is 0 Å². The predicted molar refractivity (Wildman–Crippen MR) is 67.8 cm³/mol. The summed E-state index contributed by atoms with van der Waals surface area (Å²) in [5.41, 5.74) is 2.89. The van der Waals surface area contributed by atoms with E-state index in [1.165, 1.54) is 0 Å². The van der Waals surface area contributed by atoms with Crippen molar-refractivity contribution in [2.45, 2.75) is 6.92 Å². The van der Waals surface area contributed by atoms with Gasteiger partial charge in [0.25, 0.3) is 15.3 Å². The average Bonchev–Trinajstić information content (AvgIpc) is 2.03. The SMILES string of the molecule is CC#C/[P+](C)=N/P(Cl)N(Cl)P(Cl)Cl. The molecule has 2 atom stereocenters. The van der Waals surface area contributed by atoms with Crippen molar-refractivity contribution in [3.8, 4) is 11.6 Å². The Bertz CT molecular complexity index is 248. The highest BCUT2D eigenvalue weighted by molar-refractivity contribution is 8.08. The van der Waals surface area contributed by atoms with Crippen LogP contribution in [0.3, 0.4) is 0 Å². The zero-order chi connectivity index (χ0) is 10.4. The molecule has 13 heavy (non-hydrogen) atoms. The molecule has 0 radical (unpaired) electrons. The fourth-order valence-electron chi connectivity index (χ4n) is 0.384. The van der Waals surface area contributed by atoms with Crippen LogP contribution in [-0.2, 0) is 0 Å². The van der Waals surface area contributed by atoms with E-state index in [-0.39, 0.29) is 0 Å². The van der Waals surface area contributed by atoms with Crippen molar-refractivity contribution in [1.82, 2.24) is 3.96 Å². The largest absolute Gasteiger partial charge is 0.293 e. The van der Waals surface area contributed by atoms with Crippen molar-refractivity contribution < 1.29 is 0 Å². The van der Waals surface area contributed by atoms with Crippen molar-refractivity contribution in [3.63, 3.8) is 0 Å². The summed E-state index contributed by atoms with van der Waals surface area (Å²) in [4.78, 5) is 0. The summed E-state index contributed by atoms with van der Waals surface area (Å²) in [7, 11) is -2.09. The molecule has 0 saturated heterocycles. The van der Waals surface area contributed by atoms with Crippen LogP contribution in [0.15, 0.2) is 4.52 Å². The van der Waals surface area contributed by atoms with Crippen molar-refractivity contribution in [2.24, 2.45) is 4.52 Å². The van der Waals surface area contributed by atoms with Crippen LogP contribution in [0.1, 0.15) is 6.92 Å². The summed E-state index contributed by atoms with van der Waals surface area (Å²) >= 11 is 22.6. The molecule has 0 spiro atoms. The Hall–Kier alpha value is 1.64. The van der Waals surface area contributed by atoms with Gasteiger partial charge in [0.1, 0.15) is 6.66 Å². The van der Waals surface area contributed by atoms with Crippen LogP contribution in [-0.4, -0.2) is 10.6 Å². The highest BCUT2D eigenvalue weighted by atomic mass is 35.9. The molecule has 0 amide bonds. The van der Waals surface area contributed by atoms with Gasteiger partial charge in [0.15, 0.2) is 12.4 Å². The molecule has 0 saturated carbocycles. The van der Waals surface area contributed by atoms with Gasteiger partial charge in [0.2, 0.25) is 0 Å². The number of hydrogen-bond acceptors (Lipinski definition) is 2. The molecule has 9 heteroatoms. The highest BCUT2D eigenvalue weighted by Crippen LogP contribution is 2.68. The molecule has 0 N–H and O–H groups in total. The average molecular weight is 317 g/mol. The fourth-order valence-corrected chi connectivity index (χ4v) is 6.37. The molecule has 0 aliphatic rings. The lowest BCUT2D eigenvalue weighted by Crippen LogP contribution is -1.83. The lowest BCUT2D eigenvalue weighted by Gasteiger charge is -2.11. The van der Waals surface area contributed by atoms with Gasteiger partial charge in [-0.2, -0.15) is 0 Å². The molecule has 0 rings (SSSR count). The molecule has 2 unspecified atom stereocenters. The van der Waals surface area contributed by atoms with E-state index in [2.05, 4.69) is 16.1 Å². The van der Waals surface area contributed by atoms with E-state index < -0.39 is 22.1 Å². The third-order valence-corrected chi connectivity index (χ3v) is 9.02. The third-order valence-electron chi connectivity index (χ3n) is 0.743. The van der Waals surface area contributed by atoms with Crippen LogP contribution in [0.5, 0.6) is 0 Å². The zero-order valence-corrected chi connectivity index (χ0v) is 12.5. The standard InChI is InChI=1S/C4H6Cl4N2P3/c1-3-4-11(2)9-13(8)10(5)12(6)7/h1-2H3/q+1. The smallest absolute Gasteiger partial charge is 0.109 e. The molecule has 2 nitrogen and oxygen atoms in total. The van der Waals surface area contributed by atoms with Crippen LogP contribution in [0.2, 0.25) is 0 Å². The molecule has 0 aromatic rings. The van der Waals surface area contributed by atoms with E-state index in [4.69, 9.17) is 45.5 Å². The Morgan fingerprint density at radius 1 is 1.38 bits per heavy atom. The van der Waals surface area contributed by atoms with E-state index in [9.17, 15) is 0 Å². The monoisotopic (exact) mass is 315 g/mol. The van der Waals surface area contributed by atoms with Gasteiger partial charge in [0, 0.05) is 6.92 Å². The van der Waals surface area contributed by atoms with Crippen LogP contribution >= 0.6 is 67.6 Å². The van der Waals surface area contributed by atoms with E-state index >= 15 is 0 Å². The first-order valence-corrected chi connectivity index (χ1v) is 10.2. The summed E-state index contributed by atoms with van der Waals surface area (Å²) in [6.07, 6.45) is 0. The fraction of sp³-hybridized carbons (Fsp3) is 0.500. The Morgan fingerprint density at radius 2 is 1.92 bits per heavy atom. The van der Waals surface area contributed by atoms with Gasteiger partial charge in [-0.3, -0.25) is 0 Å². The van der Waals surface area contributed by atoms with Crippen LogP contribution in [0.4, 0.5) is 0 Å². The summed E-state index contributed by atoms with van der Waals surface area (Å²) in [6, 6.07) is 0. The summed E-state index contributed by atoms with van der Waals surface area (Å²) < 4.78 is 5.29. The predicted octanol–water partition coefficient (Wildman–Crippen LogP) is 5.89. The van der Waals surface area contributed by atoms with Crippen molar-refractivity contribution in [1.29, 1.82) is 0 Å². The van der Waals surface area contributed by atoms with Gasteiger partial charge >= 0.3 is 0 Å². The maximum atomic E-state index is 5.84. The molecule has 0 aromatic carbocycles. The molecule has 0 aliphatic heterocycles. The van der Waals surface area contributed by atoms with E-state index in [1.54, 1.807) is 6.92 Å². The minimum absolute atomic E-state index is 0.750. The van der Waals surface area contributed by atoms with Gasteiger partial charge in [-0.1, -0.05) is 28.4 Å². The highest BCUT2D eigenvalue weighted by Gasteiger charge is 2.24. The number of halogens is 4. The molecule has 0 aliphatic carbocycles. The van der Waals surface area contributed by atoms with Gasteiger partial charge in [-0.05, 0) is 27.5 Å². The second-order valence-electron chi connectivity index (χ2n) is 1.67. The molecule has 0 fully saturated rings. The summed E-state index contributed by atoms with van der Waals surface area (Å²) in [5.74, 6) is 2.76. The Kier molecular flexibility index (Phi) is 8.86. The van der Waals surface area contributed by atoms with Gasteiger partial charge < -0.3 is 0 Å². The first kappa shape index (κ1) is 14.6. The maximum Gasteiger partial charge on any atom is 0.293 e. The lowest BCUT2D eigenvalue weighted by molar-refractivity contribution is 1.22. The Labute approximate surface area is 101 Å². The second kappa shape index (κ2) is 7.87. The first-order chi connectivity index (χ1) is 5.99. The van der Waals surface area contributed by atoms with Crippen molar-refractivity contribution in [2.75, 3.05) is 6.66 Å². The maximum absolute atomic E-state index is 5.84. The number of hydrogen-bond donors (Lipinski definition) is 0. The zero-order valence-electron chi connectivity index (χ0n) is 6.75. The summed E-state index contributed by atoms with van der Waals surface area (Å²) in [5, 5.41) is 0. The van der Waals surface area contributed by atoms with Crippen molar-refractivity contribution >= 4 is 67.6 Å². The molecular formula is C4H6Cl4N2P3+. The van der Waals surface area contributed by atoms with E-state index in [0.717, 1.165) is 3.96 Å². The van der Waals surface area contributed by atoms with E-state index in [1.807, 2.05) is 6.66 Å². The molecule has 0 heterocycles. The topological polar surface area (TPSA) is 15.6 Å². The minimum atomic E-state index is -1.43. The molecular weight excluding hydrogens is 311 g/mol. The van der Waals surface area contributed by atoms with E-state index in [0.29, 0.717) is 0 Å². The molecule has 0 bridgehead atoms. The normalized spacial score (nSPS) is 14.3. The first-order valence-electron chi connectivity index (χ1n) is 2.90. The van der Waals surface area contributed by atoms with Crippen LogP contribution in [0, 0.1) is 11.6 Å². The number of nitrogens with zero attached hydrogens (tertiary/aromatic N) is 2. The quantitative estimate of drug-likeness (QED) is 0.360.